The molecule has 1 aliphatic heterocycles. The molecule has 3 rings (SSSR count). The Labute approximate surface area is 169 Å². The van der Waals surface area contributed by atoms with E-state index in [1.165, 1.54) is 21.3 Å². The number of anilines is 1. The van der Waals surface area contributed by atoms with E-state index in [4.69, 9.17) is 14.2 Å². The summed E-state index contributed by atoms with van der Waals surface area (Å²) < 4.78 is 16.0. The Morgan fingerprint density at radius 3 is 2.48 bits per heavy atom. The molecule has 154 valence electrons. The van der Waals surface area contributed by atoms with Crippen LogP contribution in [-0.4, -0.2) is 51.2 Å². The summed E-state index contributed by atoms with van der Waals surface area (Å²) in [5.74, 6) is 0.698. The van der Waals surface area contributed by atoms with E-state index in [0.717, 1.165) is 5.69 Å². The van der Waals surface area contributed by atoms with Crippen molar-refractivity contribution in [2.75, 3.05) is 39.3 Å². The van der Waals surface area contributed by atoms with Crippen molar-refractivity contribution in [3.63, 3.8) is 0 Å². The first kappa shape index (κ1) is 20.4. The fourth-order valence-electron chi connectivity index (χ4n) is 3.36. The molecule has 1 atom stereocenters. The normalized spacial score (nSPS) is 15.9. The second-order valence-corrected chi connectivity index (χ2v) is 6.65. The van der Waals surface area contributed by atoms with Crippen LogP contribution in [0.1, 0.15) is 12.1 Å². The van der Waals surface area contributed by atoms with Crippen molar-refractivity contribution in [3.05, 3.63) is 42.2 Å². The molecule has 2 aromatic rings. The van der Waals surface area contributed by atoms with Gasteiger partial charge in [-0.2, -0.15) is 0 Å². The summed E-state index contributed by atoms with van der Waals surface area (Å²) in [6, 6.07) is 9.09. The summed E-state index contributed by atoms with van der Waals surface area (Å²) in [5.41, 5.74) is 1.52. The molecule has 1 saturated heterocycles. The van der Waals surface area contributed by atoms with E-state index in [9.17, 15) is 9.59 Å². The molecule has 8 nitrogen and oxygen atoms in total. The number of pyridine rings is 1. The van der Waals surface area contributed by atoms with Gasteiger partial charge in [0.1, 0.15) is 0 Å². The first-order valence-corrected chi connectivity index (χ1v) is 9.35. The minimum Gasteiger partial charge on any atom is -0.493 e. The van der Waals surface area contributed by atoms with E-state index in [1.807, 2.05) is 18.2 Å². The number of methoxy groups -OCH3 is 3. The van der Waals surface area contributed by atoms with Gasteiger partial charge in [-0.3, -0.25) is 14.6 Å². The Hall–Kier alpha value is -3.29. The van der Waals surface area contributed by atoms with E-state index in [1.54, 1.807) is 23.2 Å². The average molecular weight is 399 g/mol. The van der Waals surface area contributed by atoms with Gasteiger partial charge in [-0.05, 0) is 12.1 Å². The highest BCUT2D eigenvalue weighted by atomic mass is 16.5. The van der Waals surface area contributed by atoms with Crippen molar-refractivity contribution in [2.45, 2.75) is 12.8 Å². The highest BCUT2D eigenvalue weighted by Gasteiger charge is 2.35. The molecule has 0 saturated carbocycles. The Kier molecular flexibility index (Phi) is 6.54. The van der Waals surface area contributed by atoms with Gasteiger partial charge in [0.05, 0.1) is 32.9 Å². The standard InChI is InChI=1S/C21H25N3O5/c1-27-17-11-16(12-18(28-2)20(17)29-3)24-13-14(10-19(24)25)21(26)23-9-7-15-6-4-5-8-22-15/h4-6,8,11-12,14H,7,9-10,13H2,1-3H3,(H,23,26). The molecule has 2 amide bonds. The van der Waals surface area contributed by atoms with Crippen molar-refractivity contribution in [2.24, 2.45) is 5.92 Å². The Morgan fingerprint density at radius 2 is 1.90 bits per heavy atom. The molecule has 29 heavy (non-hydrogen) atoms. The maximum absolute atomic E-state index is 12.6. The van der Waals surface area contributed by atoms with Crippen LogP contribution in [0.3, 0.4) is 0 Å². The fourth-order valence-corrected chi connectivity index (χ4v) is 3.36. The molecule has 2 heterocycles. The predicted molar refractivity (Wildman–Crippen MR) is 108 cm³/mol. The zero-order valence-corrected chi connectivity index (χ0v) is 16.8. The van der Waals surface area contributed by atoms with Gasteiger partial charge in [0.25, 0.3) is 0 Å². The summed E-state index contributed by atoms with van der Waals surface area (Å²) in [4.78, 5) is 30.9. The molecule has 0 spiro atoms. The van der Waals surface area contributed by atoms with E-state index in [2.05, 4.69) is 10.3 Å². The highest BCUT2D eigenvalue weighted by molar-refractivity contribution is 6.00. The minimum atomic E-state index is -0.412. The number of carbonyl (C=O) groups excluding carboxylic acids is 2. The topological polar surface area (TPSA) is 90.0 Å². The summed E-state index contributed by atoms with van der Waals surface area (Å²) >= 11 is 0. The van der Waals surface area contributed by atoms with Crippen molar-refractivity contribution < 1.29 is 23.8 Å². The fraction of sp³-hybridized carbons (Fsp3) is 0.381. The molecule has 1 aromatic heterocycles. The maximum atomic E-state index is 12.6. The van der Waals surface area contributed by atoms with Crippen molar-refractivity contribution in [3.8, 4) is 17.2 Å². The van der Waals surface area contributed by atoms with Crippen LogP contribution in [-0.2, 0) is 16.0 Å². The number of hydrogen-bond donors (Lipinski definition) is 1. The highest BCUT2D eigenvalue weighted by Crippen LogP contribution is 2.42. The Bertz CT molecular complexity index is 847. The maximum Gasteiger partial charge on any atom is 0.227 e. The summed E-state index contributed by atoms with van der Waals surface area (Å²) in [5, 5.41) is 2.90. The number of rotatable bonds is 8. The molecule has 8 heteroatoms. The van der Waals surface area contributed by atoms with Crippen LogP contribution in [0.4, 0.5) is 5.69 Å². The number of carbonyl (C=O) groups is 2. The molecule has 1 unspecified atom stereocenters. The van der Waals surface area contributed by atoms with Crippen LogP contribution < -0.4 is 24.4 Å². The van der Waals surface area contributed by atoms with E-state index >= 15 is 0 Å². The lowest BCUT2D eigenvalue weighted by Crippen LogP contribution is -2.34. The zero-order chi connectivity index (χ0) is 20.8. The van der Waals surface area contributed by atoms with Crippen molar-refractivity contribution in [1.29, 1.82) is 0 Å². The first-order chi connectivity index (χ1) is 14.1. The minimum absolute atomic E-state index is 0.121. The quantitative estimate of drug-likeness (QED) is 0.728. The molecular weight excluding hydrogens is 374 g/mol. The van der Waals surface area contributed by atoms with Gasteiger partial charge in [-0.1, -0.05) is 6.07 Å². The zero-order valence-electron chi connectivity index (χ0n) is 16.8. The molecule has 0 bridgehead atoms. The van der Waals surface area contributed by atoms with Gasteiger partial charge in [-0.15, -0.1) is 0 Å². The van der Waals surface area contributed by atoms with Gasteiger partial charge in [-0.25, -0.2) is 0 Å². The Morgan fingerprint density at radius 1 is 1.17 bits per heavy atom. The van der Waals surface area contributed by atoms with Crippen LogP contribution in [0, 0.1) is 5.92 Å². The number of nitrogens with one attached hydrogen (secondary N) is 1. The van der Waals surface area contributed by atoms with Crippen molar-refractivity contribution >= 4 is 17.5 Å². The molecule has 1 N–H and O–H groups in total. The lowest BCUT2D eigenvalue weighted by Gasteiger charge is -2.20. The third-order valence-corrected chi connectivity index (χ3v) is 4.86. The number of amides is 2. The smallest absolute Gasteiger partial charge is 0.227 e. The lowest BCUT2D eigenvalue weighted by molar-refractivity contribution is -0.126. The monoisotopic (exact) mass is 399 g/mol. The summed E-state index contributed by atoms with van der Waals surface area (Å²) in [7, 11) is 4.56. The lowest BCUT2D eigenvalue weighted by atomic mass is 10.1. The van der Waals surface area contributed by atoms with Gasteiger partial charge >= 0.3 is 0 Å². The van der Waals surface area contributed by atoms with E-state index in [-0.39, 0.29) is 18.2 Å². The summed E-state index contributed by atoms with van der Waals surface area (Å²) in [6.45, 7) is 0.775. The van der Waals surface area contributed by atoms with E-state index in [0.29, 0.717) is 42.4 Å². The van der Waals surface area contributed by atoms with Gasteiger partial charge in [0.2, 0.25) is 17.6 Å². The largest absolute Gasteiger partial charge is 0.493 e. The van der Waals surface area contributed by atoms with E-state index < -0.39 is 5.92 Å². The average Bonchev–Trinajstić information content (AvgIpc) is 3.15. The van der Waals surface area contributed by atoms with Crippen LogP contribution in [0.2, 0.25) is 0 Å². The molecule has 0 aliphatic carbocycles. The molecule has 1 aliphatic rings. The number of benzene rings is 1. The van der Waals surface area contributed by atoms with Crippen LogP contribution in [0.5, 0.6) is 17.2 Å². The number of ether oxygens (including phenoxy) is 3. The number of nitrogens with zero attached hydrogens (tertiary/aromatic N) is 2. The van der Waals surface area contributed by atoms with Crippen LogP contribution >= 0.6 is 0 Å². The third-order valence-electron chi connectivity index (χ3n) is 4.86. The van der Waals surface area contributed by atoms with Gasteiger partial charge in [0, 0.05) is 50.0 Å². The second-order valence-electron chi connectivity index (χ2n) is 6.65. The number of aromatic nitrogens is 1. The molecular formula is C21H25N3O5. The first-order valence-electron chi connectivity index (χ1n) is 9.35. The van der Waals surface area contributed by atoms with Gasteiger partial charge < -0.3 is 24.4 Å². The van der Waals surface area contributed by atoms with Crippen LogP contribution in [0.25, 0.3) is 0 Å². The Balaban J connectivity index is 1.66. The second kappa shape index (κ2) is 9.27. The number of hydrogen-bond acceptors (Lipinski definition) is 6. The van der Waals surface area contributed by atoms with Gasteiger partial charge in [0.15, 0.2) is 11.5 Å². The molecule has 0 radical (unpaired) electrons. The predicted octanol–water partition coefficient (Wildman–Crippen LogP) is 1.82. The molecule has 1 aromatic carbocycles. The third kappa shape index (κ3) is 4.59. The molecule has 1 fully saturated rings. The van der Waals surface area contributed by atoms with Crippen molar-refractivity contribution in [1.82, 2.24) is 10.3 Å². The van der Waals surface area contributed by atoms with Crippen LogP contribution in [0.15, 0.2) is 36.5 Å². The SMILES string of the molecule is COc1cc(N2CC(C(=O)NCCc3ccccn3)CC2=O)cc(OC)c1OC. The summed E-state index contributed by atoms with van der Waals surface area (Å²) in [6.07, 6.45) is 2.53.